The third kappa shape index (κ3) is 4.41. The molecule has 1 unspecified atom stereocenters. The van der Waals surface area contributed by atoms with Gasteiger partial charge in [0, 0.05) is 12.7 Å². The second-order valence-electron chi connectivity index (χ2n) is 7.31. The largest absolute Gasteiger partial charge is 0.438 e. The van der Waals surface area contributed by atoms with Gasteiger partial charge in [0.1, 0.15) is 11.3 Å². The SMILES string of the molecule is CC(C)CCNCC1CCc2ccc(Oc3ncccc3C(N)=O)cc21. The van der Waals surface area contributed by atoms with Crippen LogP contribution in [-0.4, -0.2) is 24.0 Å². The Morgan fingerprint density at radius 1 is 1.38 bits per heavy atom. The van der Waals surface area contributed by atoms with Gasteiger partial charge in [0.15, 0.2) is 0 Å². The highest BCUT2D eigenvalue weighted by atomic mass is 16.5. The number of benzene rings is 1. The van der Waals surface area contributed by atoms with E-state index in [1.807, 2.05) is 6.07 Å². The van der Waals surface area contributed by atoms with E-state index in [4.69, 9.17) is 10.5 Å². The number of nitrogens with zero attached hydrogens (tertiary/aromatic N) is 1. The van der Waals surface area contributed by atoms with Crippen LogP contribution in [0, 0.1) is 5.92 Å². The van der Waals surface area contributed by atoms with Gasteiger partial charge < -0.3 is 15.8 Å². The summed E-state index contributed by atoms with van der Waals surface area (Å²) in [6.07, 6.45) is 5.04. The predicted molar refractivity (Wildman–Crippen MR) is 103 cm³/mol. The number of nitrogens with one attached hydrogen (secondary N) is 1. The Morgan fingerprint density at radius 2 is 2.23 bits per heavy atom. The van der Waals surface area contributed by atoms with E-state index in [0.717, 1.165) is 31.8 Å². The molecule has 1 aromatic heterocycles. The van der Waals surface area contributed by atoms with Crippen molar-refractivity contribution in [2.24, 2.45) is 11.7 Å². The monoisotopic (exact) mass is 353 g/mol. The Hall–Kier alpha value is -2.40. The van der Waals surface area contributed by atoms with Crippen LogP contribution in [-0.2, 0) is 6.42 Å². The van der Waals surface area contributed by atoms with Gasteiger partial charge in [-0.25, -0.2) is 4.98 Å². The van der Waals surface area contributed by atoms with E-state index in [1.165, 1.54) is 17.5 Å². The number of carbonyl (C=O) groups excluding carboxylic acids is 1. The zero-order valence-electron chi connectivity index (χ0n) is 15.5. The van der Waals surface area contributed by atoms with Gasteiger partial charge in [0.05, 0.1) is 0 Å². The van der Waals surface area contributed by atoms with Crippen LogP contribution in [0.15, 0.2) is 36.5 Å². The molecular formula is C21H27N3O2. The number of nitrogens with two attached hydrogens (primary N) is 1. The summed E-state index contributed by atoms with van der Waals surface area (Å²) in [5.74, 6) is 1.63. The Bertz CT molecular complexity index is 774. The van der Waals surface area contributed by atoms with E-state index in [1.54, 1.807) is 18.3 Å². The van der Waals surface area contributed by atoms with E-state index in [9.17, 15) is 4.79 Å². The molecule has 0 saturated heterocycles. The minimum absolute atomic E-state index is 0.254. The fourth-order valence-corrected chi connectivity index (χ4v) is 3.38. The van der Waals surface area contributed by atoms with Crippen LogP contribution in [0.3, 0.4) is 0 Å². The van der Waals surface area contributed by atoms with Gasteiger partial charge in [0.2, 0.25) is 5.88 Å². The average Bonchev–Trinajstić information content (AvgIpc) is 3.01. The van der Waals surface area contributed by atoms with Crippen LogP contribution in [0.25, 0.3) is 0 Å². The normalized spacial score (nSPS) is 15.9. The van der Waals surface area contributed by atoms with Crippen molar-refractivity contribution in [3.8, 4) is 11.6 Å². The lowest BCUT2D eigenvalue weighted by Gasteiger charge is -2.15. The Morgan fingerprint density at radius 3 is 3.00 bits per heavy atom. The van der Waals surface area contributed by atoms with E-state index in [0.29, 0.717) is 17.2 Å². The van der Waals surface area contributed by atoms with E-state index in [2.05, 4.69) is 36.3 Å². The van der Waals surface area contributed by atoms with Gasteiger partial charge in [-0.3, -0.25) is 4.79 Å². The molecule has 0 radical (unpaired) electrons. The van der Waals surface area contributed by atoms with Crippen LogP contribution in [0.2, 0.25) is 0 Å². The quantitative estimate of drug-likeness (QED) is 0.710. The number of hydrogen-bond donors (Lipinski definition) is 2. The lowest BCUT2D eigenvalue weighted by atomic mass is 10.0. The molecule has 3 rings (SSSR count). The Balaban J connectivity index is 1.70. The zero-order chi connectivity index (χ0) is 18.5. The van der Waals surface area contributed by atoms with Crippen LogP contribution in [0.4, 0.5) is 0 Å². The average molecular weight is 353 g/mol. The highest BCUT2D eigenvalue weighted by Crippen LogP contribution is 2.36. The summed E-state index contributed by atoms with van der Waals surface area (Å²) in [6, 6.07) is 9.43. The molecule has 0 fully saturated rings. The molecule has 1 aliphatic carbocycles. The van der Waals surface area contributed by atoms with Crippen molar-refractivity contribution in [1.29, 1.82) is 0 Å². The molecule has 1 atom stereocenters. The number of rotatable bonds is 8. The zero-order valence-corrected chi connectivity index (χ0v) is 15.5. The van der Waals surface area contributed by atoms with Crippen LogP contribution >= 0.6 is 0 Å². The van der Waals surface area contributed by atoms with Crippen molar-refractivity contribution >= 4 is 5.91 Å². The Labute approximate surface area is 155 Å². The predicted octanol–water partition coefficient (Wildman–Crippen LogP) is 3.64. The van der Waals surface area contributed by atoms with E-state index >= 15 is 0 Å². The maximum absolute atomic E-state index is 11.5. The summed E-state index contributed by atoms with van der Waals surface area (Å²) in [5.41, 5.74) is 8.40. The molecule has 0 saturated carbocycles. The molecule has 138 valence electrons. The molecule has 5 heteroatoms. The number of primary amides is 1. The number of amides is 1. The van der Waals surface area contributed by atoms with Crippen molar-refractivity contribution in [1.82, 2.24) is 10.3 Å². The molecule has 2 aromatic rings. The minimum Gasteiger partial charge on any atom is -0.438 e. The number of ether oxygens (including phenoxy) is 1. The number of carbonyl (C=O) groups is 1. The van der Waals surface area contributed by atoms with Gasteiger partial charge in [-0.05, 0) is 73.0 Å². The molecule has 0 aliphatic heterocycles. The summed E-state index contributed by atoms with van der Waals surface area (Å²) in [7, 11) is 0. The van der Waals surface area contributed by atoms with E-state index < -0.39 is 5.91 Å². The first kappa shape index (κ1) is 18.4. The van der Waals surface area contributed by atoms with Crippen LogP contribution in [0.1, 0.15) is 54.1 Å². The molecule has 26 heavy (non-hydrogen) atoms. The summed E-state index contributed by atoms with van der Waals surface area (Å²) in [4.78, 5) is 15.7. The second-order valence-corrected chi connectivity index (χ2v) is 7.31. The summed E-state index contributed by atoms with van der Waals surface area (Å²) in [6.45, 7) is 6.52. The number of hydrogen-bond acceptors (Lipinski definition) is 4. The number of aromatic nitrogens is 1. The molecule has 1 aliphatic rings. The molecule has 1 heterocycles. The second kappa shape index (κ2) is 8.32. The Kier molecular flexibility index (Phi) is 5.89. The number of aryl methyl sites for hydroxylation is 1. The number of pyridine rings is 1. The standard InChI is InChI=1S/C21H27N3O2/c1-14(2)9-11-23-13-16-6-5-15-7-8-17(12-19(15)16)26-21-18(20(22)25)4-3-10-24-21/h3-4,7-8,10,12,14,16,23H,5-6,9,11,13H2,1-2H3,(H2,22,25). The molecule has 1 aromatic carbocycles. The lowest BCUT2D eigenvalue weighted by Crippen LogP contribution is -2.22. The van der Waals surface area contributed by atoms with Crippen molar-refractivity contribution in [3.05, 3.63) is 53.2 Å². The fourth-order valence-electron chi connectivity index (χ4n) is 3.38. The van der Waals surface area contributed by atoms with Gasteiger partial charge in [-0.2, -0.15) is 0 Å². The van der Waals surface area contributed by atoms with Crippen molar-refractivity contribution < 1.29 is 9.53 Å². The fraction of sp³-hybridized carbons (Fsp3) is 0.429. The third-order valence-electron chi connectivity index (χ3n) is 4.86. The highest BCUT2D eigenvalue weighted by molar-refractivity contribution is 5.95. The van der Waals surface area contributed by atoms with Gasteiger partial charge >= 0.3 is 0 Å². The van der Waals surface area contributed by atoms with Gasteiger partial charge in [-0.15, -0.1) is 0 Å². The molecular weight excluding hydrogens is 326 g/mol. The lowest BCUT2D eigenvalue weighted by molar-refractivity contribution is 0.0997. The summed E-state index contributed by atoms with van der Waals surface area (Å²) < 4.78 is 5.87. The minimum atomic E-state index is -0.540. The van der Waals surface area contributed by atoms with Gasteiger partial charge in [-0.1, -0.05) is 19.9 Å². The van der Waals surface area contributed by atoms with Crippen molar-refractivity contribution in [2.45, 2.75) is 39.0 Å². The molecule has 5 nitrogen and oxygen atoms in total. The molecule has 1 amide bonds. The highest BCUT2D eigenvalue weighted by Gasteiger charge is 2.23. The first-order chi connectivity index (χ1) is 12.5. The smallest absolute Gasteiger partial charge is 0.254 e. The van der Waals surface area contributed by atoms with E-state index in [-0.39, 0.29) is 5.88 Å². The van der Waals surface area contributed by atoms with Gasteiger partial charge in [0.25, 0.3) is 5.91 Å². The topological polar surface area (TPSA) is 77.2 Å². The van der Waals surface area contributed by atoms with Crippen LogP contribution in [0.5, 0.6) is 11.6 Å². The first-order valence-corrected chi connectivity index (χ1v) is 9.31. The van der Waals surface area contributed by atoms with Crippen molar-refractivity contribution in [2.75, 3.05) is 13.1 Å². The molecule has 0 bridgehead atoms. The maximum atomic E-state index is 11.5. The summed E-state index contributed by atoms with van der Waals surface area (Å²) >= 11 is 0. The molecule has 0 spiro atoms. The third-order valence-corrected chi connectivity index (χ3v) is 4.86. The van der Waals surface area contributed by atoms with Crippen LogP contribution < -0.4 is 15.8 Å². The summed E-state index contributed by atoms with van der Waals surface area (Å²) in [5, 5.41) is 3.58. The van der Waals surface area contributed by atoms with Crippen molar-refractivity contribution in [3.63, 3.8) is 0 Å². The maximum Gasteiger partial charge on any atom is 0.254 e. The first-order valence-electron chi connectivity index (χ1n) is 9.31. The number of fused-ring (bicyclic) bond motifs is 1. The molecule has 3 N–H and O–H groups in total.